The number of benzene rings is 1. The second-order valence-corrected chi connectivity index (χ2v) is 6.66. The highest BCUT2D eigenvalue weighted by molar-refractivity contribution is 7.89. The van der Waals surface area contributed by atoms with Gasteiger partial charge in [-0.25, -0.2) is 8.42 Å². The maximum absolute atomic E-state index is 12.6. The Labute approximate surface area is 119 Å². The Morgan fingerprint density at radius 2 is 1.80 bits per heavy atom. The van der Waals surface area contributed by atoms with Crippen LogP contribution in [0.15, 0.2) is 52.6 Å². The molecule has 0 radical (unpaired) electrons. The number of sulfonamides is 1. The molecule has 20 heavy (non-hydrogen) atoms. The van der Waals surface area contributed by atoms with Crippen LogP contribution in [0.2, 0.25) is 0 Å². The lowest BCUT2D eigenvalue weighted by Crippen LogP contribution is -2.27. The molecule has 0 bridgehead atoms. The highest BCUT2D eigenvalue weighted by Crippen LogP contribution is 2.30. The summed E-state index contributed by atoms with van der Waals surface area (Å²) >= 11 is 0. The van der Waals surface area contributed by atoms with Gasteiger partial charge in [0.25, 0.3) is 10.0 Å². The number of carbonyl (C=O) groups is 1. The monoisotopic (exact) mass is 291 g/mol. The molecule has 0 unspecified atom stereocenters. The van der Waals surface area contributed by atoms with E-state index in [-0.39, 0.29) is 4.90 Å². The molecule has 106 valence electrons. The van der Waals surface area contributed by atoms with E-state index >= 15 is 0 Å². The first-order valence-electron chi connectivity index (χ1n) is 6.38. The number of nitrogens with zero attached hydrogens (tertiary/aromatic N) is 1. The molecule has 0 aliphatic carbocycles. The van der Waals surface area contributed by atoms with E-state index in [0.717, 1.165) is 11.1 Å². The number of rotatable bonds is 4. The zero-order chi connectivity index (χ0) is 14.8. The third kappa shape index (κ3) is 2.67. The molecule has 0 fully saturated rings. The smallest absolute Gasteiger partial charge is 0.264 e. The molecule has 5 heteroatoms. The van der Waals surface area contributed by atoms with E-state index in [9.17, 15) is 13.2 Å². The van der Waals surface area contributed by atoms with Gasteiger partial charge in [0.2, 0.25) is 0 Å². The van der Waals surface area contributed by atoms with Crippen molar-refractivity contribution in [3.05, 3.63) is 53.3 Å². The van der Waals surface area contributed by atoms with E-state index < -0.39 is 10.0 Å². The molecule has 2 rings (SSSR count). The summed E-state index contributed by atoms with van der Waals surface area (Å²) in [5.74, 6) is 0. The summed E-state index contributed by atoms with van der Waals surface area (Å²) in [6, 6.07) is 6.78. The van der Waals surface area contributed by atoms with Crippen LogP contribution in [0.5, 0.6) is 0 Å². The summed E-state index contributed by atoms with van der Waals surface area (Å²) in [5.41, 5.74) is 2.58. The molecule has 0 spiro atoms. The van der Waals surface area contributed by atoms with E-state index in [1.165, 1.54) is 10.4 Å². The van der Waals surface area contributed by atoms with Crippen molar-refractivity contribution >= 4 is 16.3 Å². The maximum Gasteiger partial charge on any atom is 0.264 e. The second-order valence-electron chi connectivity index (χ2n) is 4.80. The van der Waals surface area contributed by atoms with Gasteiger partial charge in [-0.15, -0.1) is 0 Å². The van der Waals surface area contributed by atoms with Crippen LogP contribution in [0.1, 0.15) is 18.9 Å². The van der Waals surface area contributed by atoms with Crippen LogP contribution in [-0.2, 0) is 14.8 Å². The number of allylic oxidation sites excluding steroid dienone is 2. The average molecular weight is 291 g/mol. The van der Waals surface area contributed by atoms with E-state index in [2.05, 4.69) is 0 Å². The molecule has 0 N–H and O–H groups in total. The van der Waals surface area contributed by atoms with Crippen molar-refractivity contribution in [3.63, 3.8) is 0 Å². The van der Waals surface area contributed by atoms with Gasteiger partial charge in [0.15, 0.2) is 0 Å². The Balaban J connectivity index is 2.42. The number of hydrogen-bond acceptors (Lipinski definition) is 3. The molecule has 1 heterocycles. The van der Waals surface area contributed by atoms with Crippen LogP contribution < -0.4 is 0 Å². The van der Waals surface area contributed by atoms with Crippen LogP contribution in [0, 0.1) is 6.92 Å². The van der Waals surface area contributed by atoms with Crippen LogP contribution in [0.3, 0.4) is 0 Å². The minimum Gasteiger partial charge on any atom is -0.299 e. The van der Waals surface area contributed by atoms with Gasteiger partial charge in [-0.05, 0) is 50.1 Å². The predicted molar refractivity (Wildman–Crippen MR) is 77.6 cm³/mol. The highest BCUT2D eigenvalue weighted by Gasteiger charge is 2.30. The molecule has 0 saturated carbocycles. The number of hydrogen-bond donors (Lipinski definition) is 0. The first-order valence-corrected chi connectivity index (χ1v) is 7.82. The fraction of sp³-hybridized carbons (Fsp3) is 0.267. The Morgan fingerprint density at radius 3 is 2.40 bits per heavy atom. The minimum atomic E-state index is -3.56. The van der Waals surface area contributed by atoms with Gasteiger partial charge in [0.05, 0.1) is 10.6 Å². The average Bonchev–Trinajstić information content (AvgIpc) is 2.79. The Hall–Kier alpha value is -1.88. The van der Waals surface area contributed by atoms with E-state index in [4.69, 9.17) is 0 Å². The molecule has 0 aromatic heterocycles. The van der Waals surface area contributed by atoms with Gasteiger partial charge < -0.3 is 0 Å². The second kappa shape index (κ2) is 5.63. The summed E-state index contributed by atoms with van der Waals surface area (Å²) < 4.78 is 26.6. The van der Waals surface area contributed by atoms with Gasteiger partial charge in [-0.2, -0.15) is 0 Å². The topological polar surface area (TPSA) is 54.5 Å². The van der Waals surface area contributed by atoms with Crippen molar-refractivity contribution in [2.45, 2.75) is 25.2 Å². The summed E-state index contributed by atoms with van der Waals surface area (Å²) in [6.07, 6.45) is 4.21. The fourth-order valence-electron chi connectivity index (χ4n) is 2.17. The SMILES string of the molecule is CC1=C(/C=C/C=O)N(S(=O)(=O)c2ccc(C)cc2)CC1. The molecular weight excluding hydrogens is 274 g/mol. The zero-order valence-corrected chi connectivity index (χ0v) is 12.4. The maximum atomic E-state index is 12.6. The highest BCUT2D eigenvalue weighted by atomic mass is 32.2. The Bertz CT molecular complexity index is 670. The van der Waals surface area contributed by atoms with Crippen molar-refractivity contribution in [2.75, 3.05) is 6.54 Å². The lowest BCUT2D eigenvalue weighted by molar-refractivity contribution is -0.104. The zero-order valence-electron chi connectivity index (χ0n) is 11.5. The van der Waals surface area contributed by atoms with Gasteiger partial charge in [-0.1, -0.05) is 17.7 Å². The van der Waals surface area contributed by atoms with Crippen molar-refractivity contribution in [2.24, 2.45) is 0 Å². The summed E-state index contributed by atoms with van der Waals surface area (Å²) in [5, 5.41) is 0. The lowest BCUT2D eigenvalue weighted by atomic mass is 10.2. The normalized spacial score (nSPS) is 16.2. The molecule has 1 aliphatic heterocycles. The van der Waals surface area contributed by atoms with E-state index in [1.807, 2.05) is 13.8 Å². The van der Waals surface area contributed by atoms with Crippen LogP contribution >= 0.6 is 0 Å². The molecule has 0 atom stereocenters. The predicted octanol–water partition coefficient (Wildman–Crippen LogP) is 2.42. The Morgan fingerprint density at radius 1 is 1.15 bits per heavy atom. The lowest BCUT2D eigenvalue weighted by Gasteiger charge is -2.20. The van der Waals surface area contributed by atoms with Crippen LogP contribution in [-0.4, -0.2) is 25.6 Å². The summed E-state index contributed by atoms with van der Waals surface area (Å²) in [4.78, 5) is 10.7. The van der Waals surface area contributed by atoms with Gasteiger partial charge in [-0.3, -0.25) is 9.10 Å². The van der Waals surface area contributed by atoms with Gasteiger partial charge >= 0.3 is 0 Å². The fourth-order valence-corrected chi connectivity index (χ4v) is 3.72. The van der Waals surface area contributed by atoms with Gasteiger partial charge in [0.1, 0.15) is 6.29 Å². The summed E-state index contributed by atoms with van der Waals surface area (Å²) in [6.45, 7) is 4.21. The van der Waals surface area contributed by atoms with E-state index in [1.54, 1.807) is 30.3 Å². The van der Waals surface area contributed by atoms with Crippen LogP contribution in [0.25, 0.3) is 0 Å². The molecule has 0 saturated heterocycles. The van der Waals surface area contributed by atoms with Crippen molar-refractivity contribution in [1.82, 2.24) is 4.31 Å². The molecule has 0 amide bonds. The standard InChI is InChI=1S/C15H17NO3S/c1-12-5-7-14(8-6-12)20(18,19)16-10-9-13(2)15(16)4-3-11-17/h3-8,11H,9-10H2,1-2H3/b4-3+. The van der Waals surface area contributed by atoms with Crippen LogP contribution in [0.4, 0.5) is 0 Å². The first-order chi connectivity index (χ1) is 9.46. The largest absolute Gasteiger partial charge is 0.299 e. The quantitative estimate of drug-likeness (QED) is 0.632. The third-order valence-electron chi connectivity index (χ3n) is 3.34. The molecule has 1 aromatic carbocycles. The van der Waals surface area contributed by atoms with Crippen molar-refractivity contribution in [1.29, 1.82) is 0 Å². The molecule has 1 aliphatic rings. The third-order valence-corrected chi connectivity index (χ3v) is 5.16. The first kappa shape index (κ1) is 14.5. The minimum absolute atomic E-state index is 0.273. The van der Waals surface area contributed by atoms with Gasteiger partial charge in [0, 0.05) is 6.54 Å². The van der Waals surface area contributed by atoms with Crippen molar-refractivity contribution < 1.29 is 13.2 Å². The van der Waals surface area contributed by atoms with Crippen molar-refractivity contribution in [3.8, 4) is 0 Å². The Kier molecular flexibility index (Phi) is 4.09. The number of carbonyl (C=O) groups excluding carboxylic acids is 1. The molecular formula is C15H17NO3S. The molecule has 4 nitrogen and oxygen atoms in total. The molecule has 1 aromatic rings. The summed E-state index contributed by atoms with van der Waals surface area (Å²) in [7, 11) is -3.56. The number of aldehydes is 1. The van der Waals surface area contributed by atoms with E-state index in [0.29, 0.717) is 24.9 Å². The number of aryl methyl sites for hydroxylation is 1.